The number of fused-ring (bicyclic) bond motifs is 2. The predicted molar refractivity (Wildman–Crippen MR) is 92.1 cm³/mol. The second-order valence-corrected chi connectivity index (χ2v) is 7.62. The molecule has 1 aliphatic heterocycles. The fourth-order valence-corrected chi connectivity index (χ4v) is 3.99. The van der Waals surface area contributed by atoms with Crippen LogP contribution < -0.4 is 5.56 Å². The van der Waals surface area contributed by atoms with Gasteiger partial charge in [0.15, 0.2) is 0 Å². The van der Waals surface area contributed by atoms with E-state index in [0.717, 1.165) is 36.8 Å². The number of hydroxylamine groups is 1. The molecular weight excluding hydrogens is 408 g/mol. The zero-order valence-electron chi connectivity index (χ0n) is 14.0. The van der Waals surface area contributed by atoms with E-state index in [1.54, 1.807) is 0 Å². The first-order valence-electron chi connectivity index (χ1n) is 7.71. The van der Waals surface area contributed by atoms with E-state index in [9.17, 15) is 32.8 Å². The van der Waals surface area contributed by atoms with Crippen LogP contribution in [0.4, 0.5) is 0 Å². The number of aromatic carboxylic acids is 1. The molecule has 4 rings (SSSR count). The molecule has 0 bridgehead atoms. The number of hydrogen-bond donors (Lipinski definition) is 2. The predicted octanol–water partition coefficient (Wildman–Crippen LogP) is -0.288. The Bertz CT molecular complexity index is 1430. The van der Waals surface area contributed by atoms with Gasteiger partial charge in [0, 0.05) is 5.56 Å². The third-order valence-electron chi connectivity index (χ3n) is 4.22. The van der Waals surface area contributed by atoms with E-state index in [1.807, 2.05) is 0 Å². The van der Waals surface area contributed by atoms with Gasteiger partial charge in [-0.1, -0.05) is 0 Å². The summed E-state index contributed by atoms with van der Waals surface area (Å²) in [6.07, 6.45) is 1.96. The molecule has 13 heteroatoms. The van der Waals surface area contributed by atoms with Crippen LogP contribution in [0.3, 0.4) is 0 Å². The number of sulfonamides is 1. The minimum Gasteiger partial charge on any atom is -0.477 e. The number of nitrogens with zero attached hydrogens (tertiary/aromatic N) is 4. The lowest BCUT2D eigenvalue weighted by atomic mass is 10.1. The van der Waals surface area contributed by atoms with Crippen LogP contribution >= 0.6 is 0 Å². The molecule has 0 radical (unpaired) electrons. The SMILES string of the molecule is O=C(O)c1cc2c(=O)n(C(=O)c3ccc4c(c3)S(=O)(=O)N(O)C4=O)cnc2cn1. The van der Waals surface area contributed by atoms with Gasteiger partial charge in [0.05, 0.1) is 22.7 Å². The molecule has 2 aromatic heterocycles. The minimum absolute atomic E-state index is 0.0575. The molecule has 1 aliphatic rings. The zero-order chi connectivity index (χ0) is 21.1. The molecule has 29 heavy (non-hydrogen) atoms. The van der Waals surface area contributed by atoms with E-state index in [2.05, 4.69) is 9.97 Å². The third-order valence-corrected chi connectivity index (χ3v) is 5.74. The van der Waals surface area contributed by atoms with Crippen LogP contribution in [0.1, 0.15) is 31.2 Å². The first kappa shape index (κ1) is 18.4. The summed E-state index contributed by atoms with van der Waals surface area (Å²) in [5.74, 6) is -3.52. The quantitative estimate of drug-likeness (QED) is 0.528. The van der Waals surface area contributed by atoms with Crippen LogP contribution in [0, 0.1) is 0 Å². The fraction of sp³-hybridized carbons (Fsp3) is 0. The maximum absolute atomic E-state index is 12.7. The highest BCUT2D eigenvalue weighted by Gasteiger charge is 2.41. The van der Waals surface area contributed by atoms with E-state index in [1.165, 1.54) is 0 Å². The number of hydrogen-bond acceptors (Lipinski definition) is 9. The van der Waals surface area contributed by atoms with Crippen molar-refractivity contribution in [3.8, 4) is 0 Å². The number of amides is 1. The molecule has 0 unspecified atom stereocenters. The first-order valence-corrected chi connectivity index (χ1v) is 9.15. The number of benzene rings is 1. The molecule has 1 aromatic carbocycles. The van der Waals surface area contributed by atoms with Crippen molar-refractivity contribution < 1.29 is 33.1 Å². The fourth-order valence-electron chi connectivity index (χ4n) is 2.78. The summed E-state index contributed by atoms with van der Waals surface area (Å²) in [6.45, 7) is 0. The second-order valence-electron chi connectivity index (χ2n) is 5.88. The highest BCUT2D eigenvalue weighted by atomic mass is 32.2. The van der Waals surface area contributed by atoms with Gasteiger partial charge >= 0.3 is 5.97 Å². The van der Waals surface area contributed by atoms with Gasteiger partial charge in [-0.15, -0.1) is 4.47 Å². The highest BCUT2D eigenvalue weighted by Crippen LogP contribution is 2.29. The topological polar surface area (TPSA) is 177 Å². The standard InChI is InChI=1S/C16H8N4O8S/c21-13(7-1-2-8-12(3-7)29(27,28)20(26)15(8)23)19-6-18-11-5-17-10(16(24)25)4-9(11)14(19)22/h1-6,26H,(H,24,25). The number of carbonyl (C=O) groups is 3. The van der Waals surface area contributed by atoms with Gasteiger partial charge in [-0.3, -0.25) is 19.6 Å². The maximum Gasteiger partial charge on any atom is 0.354 e. The van der Waals surface area contributed by atoms with Crippen LogP contribution in [0.5, 0.6) is 0 Å². The van der Waals surface area contributed by atoms with Crippen molar-refractivity contribution in [1.29, 1.82) is 0 Å². The van der Waals surface area contributed by atoms with Crippen molar-refractivity contribution in [3.05, 3.63) is 64.0 Å². The lowest BCUT2D eigenvalue weighted by molar-refractivity contribution is 0.0111. The molecule has 0 atom stereocenters. The van der Waals surface area contributed by atoms with Crippen molar-refractivity contribution in [3.63, 3.8) is 0 Å². The first-order chi connectivity index (χ1) is 13.6. The molecule has 0 fully saturated rings. The third kappa shape index (κ3) is 2.60. The van der Waals surface area contributed by atoms with E-state index >= 15 is 0 Å². The van der Waals surface area contributed by atoms with Gasteiger partial charge in [-0.25, -0.2) is 19.3 Å². The Hall–Kier alpha value is -3.97. The number of carboxylic acids is 1. The lowest BCUT2D eigenvalue weighted by Gasteiger charge is -2.07. The van der Waals surface area contributed by atoms with Crippen LogP contribution in [0.25, 0.3) is 10.9 Å². The molecular formula is C16H8N4O8S. The molecule has 0 saturated heterocycles. The molecule has 0 spiro atoms. The Morgan fingerprint density at radius 3 is 2.48 bits per heavy atom. The van der Waals surface area contributed by atoms with Crippen LogP contribution in [-0.4, -0.2) is 55.5 Å². The van der Waals surface area contributed by atoms with Crippen molar-refractivity contribution in [1.82, 2.24) is 19.0 Å². The molecule has 0 aliphatic carbocycles. The van der Waals surface area contributed by atoms with Crippen LogP contribution in [0.2, 0.25) is 0 Å². The van der Waals surface area contributed by atoms with Crippen molar-refractivity contribution >= 4 is 38.7 Å². The number of carbonyl (C=O) groups excluding carboxylic acids is 2. The van der Waals surface area contributed by atoms with Crippen molar-refractivity contribution in [2.75, 3.05) is 0 Å². The van der Waals surface area contributed by atoms with Crippen LogP contribution in [-0.2, 0) is 10.0 Å². The molecule has 2 N–H and O–H groups in total. The Morgan fingerprint density at radius 2 is 1.79 bits per heavy atom. The summed E-state index contributed by atoms with van der Waals surface area (Å²) >= 11 is 0. The summed E-state index contributed by atoms with van der Waals surface area (Å²) in [5, 5.41) is 18.2. The van der Waals surface area contributed by atoms with Gasteiger partial charge in [-0.05, 0) is 24.3 Å². The lowest BCUT2D eigenvalue weighted by Crippen LogP contribution is -2.28. The Balaban J connectivity index is 1.86. The van der Waals surface area contributed by atoms with Gasteiger partial charge < -0.3 is 5.11 Å². The van der Waals surface area contributed by atoms with Crippen LogP contribution in [0.15, 0.2) is 46.5 Å². The van der Waals surface area contributed by atoms with Gasteiger partial charge in [0.25, 0.3) is 27.4 Å². The summed E-state index contributed by atoms with van der Waals surface area (Å²) in [7, 11) is -4.52. The molecule has 146 valence electrons. The number of carboxylic acid groups (broad SMARTS) is 1. The molecule has 3 aromatic rings. The Labute approximate surface area is 160 Å². The Morgan fingerprint density at radius 1 is 1.07 bits per heavy atom. The molecule has 12 nitrogen and oxygen atoms in total. The largest absolute Gasteiger partial charge is 0.477 e. The van der Waals surface area contributed by atoms with E-state index in [-0.39, 0.29) is 22.0 Å². The molecule has 1 amide bonds. The minimum atomic E-state index is -4.52. The second kappa shape index (κ2) is 6.02. The summed E-state index contributed by atoms with van der Waals surface area (Å²) < 4.78 is 24.2. The Kier molecular flexibility index (Phi) is 3.82. The van der Waals surface area contributed by atoms with Gasteiger partial charge in [0.1, 0.15) is 16.9 Å². The maximum atomic E-state index is 12.7. The van der Waals surface area contributed by atoms with Crippen molar-refractivity contribution in [2.45, 2.75) is 4.90 Å². The summed E-state index contributed by atoms with van der Waals surface area (Å²) in [6, 6.07) is 3.96. The number of pyridine rings is 1. The highest BCUT2D eigenvalue weighted by molar-refractivity contribution is 7.90. The van der Waals surface area contributed by atoms with E-state index < -0.39 is 48.4 Å². The monoisotopic (exact) mass is 416 g/mol. The number of rotatable bonds is 2. The van der Waals surface area contributed by atoms with Gasteiger partial charge in [-0.2, -0.15) is 8.42 Å². The summed E-state index contributed by atoms with van der Waals surface area (Å²) in [4.78, 5) is 55.1. The summed E-state index contributed by atoms with van der Waals surface area (Å²) in [5.41, 5.74) is -1.86. The van der Waals surface area contributed by atoms with Gasteiger partial charge in [0.2, 0.25) is 0 Å². The molecule has 3 heterocycles. The zero-order valence-corrected chi connectivity index (χ0v) is 14.8. The molecule has 0 saturated carbocycles. The van der Waals surface area contributed by atoms with E-state index in [4.69, 9.17) is 5.11 Å². The van der Waals surface area contributed by atoms with Crippen molar-refractivity contribution in [2.24, 2.45) is 0 Å². The average Bonchev–Trinajstić information content (AvgIpc) is 2.87. The smallest absolute Gasteiger partial charge is 0.354 e. The normalized spacial score (nSPS) is 14.8. The average molecular weight is 416 g/mol. The van der Waals surface area contributed by atoms with E-state index in [0.29, 0.717) is 4.57 Å². The number of aromatic nitrogens is 3.